The highest BCUT2D eigenvalue weighted by atomic mass is 35.5. The molecule has 8 heteroatoms. The molecule has 0 fully saturated rings. The Hall–Kier alpha value is -3.32. The summed E-state index contributed by atoms with van der Waals surface area (Å²) in [5.74, 6) is -0.395. The van der Waals surface area contributed by atoms with Crippen LogP contribution < -0.4 is 5.32 Å². The maximum absolute atomic E-state index is 12.7. The smallest absolute Gasteiger partial charge is 0.324 e. The molecule has 0 spiro atoms. The third-order valence-electron chi connectivity index (χ3n) is 5.14. The summed E-state index contributed by atoms with van der Waals surface area (Å²) in [6.45, 7) is 0.476. The van der Waals surface area contributed by atoms with Gasteiger partial charge in [0.1, 0.15) is 6.54 Å². The number of amides is 1. The van der Waals surface area contributed by atoms with E-state index in [1.807, 2.05) is 42.5 Å². The second kappa shape index (κ2) is 9.04. The van der Waals surface area contributed by atoms with Crippen LogP contribution in [0.4, 0.5) is 18.9 Å². The molecule has 3 aromatic carbocycles. The van der Waals surface area contributed by atoms with Gasteiger partial charge in [-0.25, -0.2) is 0 Å². The minimum absolute atomic E-state index is 0.0263. The Balaban J connectivity index is 1.49. The SMILES string of the molecule is O=C(CN1CC(c2ccccc2)C(c2ccc(Cl)cc2)=N1)Nc1ccc(C(F)(F)F)cc1. The molecule has 4 rings (SSSR count). The maximum atomic E-state index is 12.7. The van der Waals surface area contributed by atoms with Gasteiger partial charge in [-0.15, -0.1) is 0 Å². The molecular weight excluding hydrogens is 439 g/mol. The molecule has 1 aliphatic heterocycles. The highest BCUT2D eigenvalue weighted by Crippen LogP contribution is 2.31. The Bertz CT molecular complexity index is 1110. The lowest BCUT2D eigenvalue weighted by Gasteiger charge is -2.16. The third-order valence-corrected chi connectivity index (χ3v) is 5.39. The normalized spacial score (nSPS) is 16.1. The monoisotopic (exact) mass is 457 g/mol. The van der Waals surface area contributed by atoms with Gasteiger partial charge < -0.3 is 5.32 Å². The van der Waals surface area contributed by atoms with Crippen molar-refractivity contribution in [2.24, 2.45) is 5.10 Å². The fourth-order valence-electron chi connectivity index (χ4n) is 3.60. The van der Waals surface area contributed by atoms with Gasteiger partial charge in [0.2, 0.25) is 5.91 Å². The number of nitrogens with one attached hydrogen (secondary N) is 1. The zero-order valence-corrected chi connectivity index (χ0v) is 17.6. The summed E-state index contributed by atoms with van der Waals surface area (Å²) in [5, 5.41) is 9.59. The molecule has 0 saturated heterocycles. The van der Waals surface area contributed by atoms with Crippen LogP contribution in [0.1, 0.15) is 22.6 Å². The zero-order valence-electron chi connectivity index (χ0n) is 16.8. The van der Waals surface area contributed by atoms with Crippen molar-refractivity contribution >= 4 is 28.9 Å². The van der Waals surface area contributed by atoms with Gasteiger partial charge in [-0.1, -0.05) is 54.1 Å². The van der Waals surface area contributed by atoms with E-state index < -0.39 is 11.7 Å². The van der Waals surface area contributed by atoms with Gasteiger partial charge in [-0.3, -0.25) is 9.80 Å². The zero-order chi connectivity index (χ0) is 22.7. The fourth-order valence-corrected chi connectivity index (χ4v) is 3.72. The molecule has 0 aromatic heterocycles. The van der Waals surface area contributed by atoms with Gasteiger partial charge in [0, 0.05) is 23.2 Å². The molecule has 1 N–H and O–H groups in total. The van der Waals surface area contributed by atoms with Crippen LogP contribution in [0.2, 0.25) is 5.02 Å². The van der Waals surface area contributed by atoms with Crippen LogP contribution in [0, 0.1) is 0 Å². The molecule has 4 nitrogen and oxygen atoms in total. The van der Waals surface area contributed by atoms with Crippen LogP contribution in [-0.4, -0.2) is 29.7 Å². The number of hydrogen-bond acceptors (Lipinski definition) is 3. The lowest BCUT2D eigenvalue weighted by Crippen LogP contribution is -2.29. The minimum atomic E-state index is -4.42. The Labute approximate surface area is 188 Å². The number of halogens is 4. The van der Waals surface area contributed by atoms with Gasteiger partial charge in [-0.2, -0.15) is 18.3 Å². The highest BCUT2D eigenvalue weighted by molar-refractivity contribution is 6.30. The molecule has 1 amide bonds. The Morgan fingerprint density at radius 1 is 1.00 bits per heavy atom. The van der Waals surface area contributed by atoms with Crippen molar-refractivity contribution in [3.63, 3.8) is 0 Å². The Kier molecular flexibility index (Phi) is 6.19. The van der Waals surface area contributed by atoms with E-state index in [1.165, 1.54) is 12.1 Å². The van der Waals surface area contributed by atoms with Crippen LogP contribution in [0.3, 0.4) is 0 Å². The lowest BCUT2D eigenvalue weighted by molar-refractivity contribution is -0.137. The van der Waals surface area contributed by atoms with Crippen molar-refractivity contribution in [1.29, 1.82) is 0 Å². The van der Waals surface area contributed by atoms with Crippen molar-refractivity contribution in [3.8, 4) is 0 Å². The van der Waals surface area contributed by atoms with E-state index >= 15 is 0 Å². The molecule has 1 aliphatic rings. The predicted molar refractivity (Wildman–Crippen MR) is 119 cm³/mol. The number of carbonyl (C=O) groups is 1. The van der Waals surface area contributed by atoms with Crippen molar-refractivity contribution < 1.29 is 18.0 Å². The van der Waals surface area contributed by atoms with Gasteiger partial charge in [-0.05, 0) is 47.5 Å². The van der Waals surface area contributed by atoms with Crippen molar-refractivity contribution in [1.82, 2.24) is 5.01 Å². The molecule has 1 atom stereocenters. The molecule has 164 valence electrons. The first-order valence-electron chi connectivity index (χ1n) is 9.91. The largest absolute Gasteiger partial charge is 0.416 e. The summed E-state index contributed by atoms with van der Waals surface area (Å²) in [5.41, 5.74) is 2.35. The van der Waals surface area contributed by atoms with E-state index in [0.717, 1.165) is 29.0 Å². The van der Waals surface area contributed by atoms with Gasteiger partial charge >= 0.3 is 6.18 Å². The summed E-state index contributed by atoms with van der Waals surface area (Å²) in [4.78, 5) is 12.5. The Morgan fingerprint density at radius 3 is 2.28 bits per heavy atom. The lowest BCUT2D eigenvalue weighted by atomic mass is 9.91. The number of nitrogens with zero attached hydrogens (tertiary/aromatic N) is 2. The molecule has 3 aromatic rings. The minimum Gasteiger partial charge on any atom is -0.324 e. The number of hydrazone groups is 1. The van der Waals surface area contributed by atoms with E-state index in [4.69, 9.17) is 11.6 Å². The molecule has 1 unspecified atom stereocenters. The highest BCUT2D eigenvalue weighted by Gasteiger charge is 2.31. The number of rotatable bonds is 5. The van der Waals surface area contributed by atoms with Crippen LogP contribution in [-0.2, 0) is 11.0 Å². The molecule has 0 bridgehead atoms. The van der Waals surface area contributed by atoms with Crippen molar-refractivity contribution in [2.45, 2.75) is 12.1 Å². The quantitative estimate of drug-likeness (QED) is 0.526. The number of alkyl halides is 3. The Morgan fingerprint density at radius 2 is 1.66 bits per heavy atom. The summed E-state index contributed by atoms with van der Waals surface area (Å²) in [7, 11) is 0. The standard InChI is InChI=1S/C24H19ClF3N3O/c25-19-10-6-17(7-11-19)23-21(16-4-2-1-3-5-16)14-31(30-23)15-22(32)29-20-12-8-18(9-13-20)24(26,27)28/h1-13,21H,14-15H2,(H,29,32). The van der Waals surface area contributed by atoms with Crippen LogP contribution in [0.25, 0.3) is 0 Å². The average molecular weight is 458 g/mol. The maximum Gasteiger partial charge on any atom is 0.416 e. The summed E-state index contributed by atoms with van der Waals surface area (Å²) in [6.07, 6.45) is -4.42. The van der Waals surface area contributed by atoms with Gasteiger partial charge in [0.05, 0.1) is 11.3 Å². The third kappa shape index (κ3) is 5.11. The first kappa shape index (κ1) is 21.9. The van der Waals surface area contributed by atoms with Crippen LogP contribution in [0.5, 0.6) is 0 Å². The van der Waals surface area contributed by atoms with E-state index in [9.17, 15) is 18.0 Å². The van der Waals surface area contributed by atoms with E-state index in [-0.39, 0.29) is 18.4 Å². The van der Waals surface area contributed by atoms with Crippen molar-refractivity contribution in [3.05, 3.63) is 101 Å². The fraction of sp³-hybridized carbons (Fsp3) is 0.167. The number of anilines is 1. The van der Waals surface area contributed by atoms with Crippen LogP contribution >= 0.6 is 11.6 Å². The number of benzene rings is 3. The topological polar surface area (TPSA) is 44.7 Å². The average Bonchev–Trinajstić information content (AvgIpc) is 3.18. The molecule has 32 heavy (non-hydrogen) atoms. The summed E-state index contributed by atoms with van der Waals surface area (Å²) < 4.78 is 38.1. The summed E-state index contributed by atoms with van der Waals surface area (Å²) in [6, 6.07) is 21.6. The second-order valence-electron chi connectivity index (χ2n) is 7.43. The molecule has 0 saturated carbocycles. The number of carbonyl (C=O) groups excluding carboxylic acids is 1. The van der Waals surface area contributed by atoms with E-state index in [0.29, 0.717) is 17.3 Å². The van der Waals surface area contributed by atoms with E-state index in [2.05, 4.69) is 10.4 Å². The molecule has 1 heterocycles. The predicted octanol–water partition coefficient (Wildman–Crippen LogP) is 5.80. The molecule has 0 aliphatic carbocycles. The first-order chi connectivity index (χ1) is 15.3. The van der Waals surface area contributed by atoms with Gasteiger partial charge in [0.25, 0.3) is 0 Å². The van der Waals surface area contributed by atoms with Crippen LogP contribution in [0.15, 0.2) is 84.0 Å². The van der Waals surface area contributed by atoms with E-state index in [1.54, 1.807) is 17.1 Å². The van der Waals surface area contributed by atoms with Gasteiger partial charge in [0.15, 0.2) is 0 Å². The number of hydrogen-bond donors (Lipinski definition) is 1. The first-order valence-corrected chi connectivity index (χ1v) is 10.3. The molecular formula is C24H19ClF3N3O. The molecule has 0 radical (unpaired) electrons. The summed E-state index contributed by atoms with van der Waals surface area (Å²) >= 11 is 6.02. The second-order valence-corrected chi connectivity index (χ2v) is 7.86. The van der Waals surface area contributed by atoms with Crippen molar-refractivity contribution in [2.75, 3.05) is 18.4 Å².